The Hall–Kier alpha value is -2.13. The Morgan fingerprint density at radius 2 is 1.55 bits per heavy atom. The third kappa shape index (κ3) is 2.90. The smallest absolute Gasteiger partial charge is 0.137 e. The third-order valence-corrected chi connectivity index (χ3v) is 3.81. The van der Waals surface area contributed by atoms with Gasteiger partial charge in [0, 0.05) is 11.8 Å². The van der Waals surface area contributed by atoms with Crippen molar-refractivity contribution in [3.63, 3.8) is 0 Å². The third-order valence-electron chi connectivity index (χ3n) is 3.81. The molecule has 0 saturated carbocycles. The fraction of sp³-hybridized carbons (Fsp3) is 0.316. The minimum Gasteiger partial charge on any atom is -0.326 e. The molecule has 2 aromatic heterocycles. The molecule has 22 heavy (non-hydrogen) atoms. The molecule has 3 heteroatoms. The fourth-order valence-corrected chi connectivity index (χ4v) is 2.74. The highest BCUT2D eigenvalue weighted by Crippen LogP contribution is 2.27. The molecule has 0 radical (unpaired) electrons. The van der Waals surface area contributed by atoms with Crippen LogP contribution in [0.25, 0.3) is 16.9 Å². The van der Waals surface area contributed by atoms with Crippen LogP contribution in [0, 0.1) is 13.8 Å². The average Bonchev–Trinajstić information content (AvgIpc) is 2.76. The number of fused-ring (bicyclic) bond motifs is 1. The number of hydrogen-bond acceptors (Lipinski definition) is 1. The van der Waals surface area contributed by atoms with Gasteiger partial charge in [-0.25, -0.2) is 4.98 Å². The minimum absolute atomic E-state index is 0.876. The molecular weight excluding hydrogens is 270 g/mol. The van der Waals surface area contributed by atoms with Crippen LogP contribution in [0.5, 0.6) is 0 Å². The van der Waals surface area contributed by atoms with Gasteiger partial charge < -0.3 is 4.48 Å². The molecule has 0 unspecified atom stereocenters. The lowest BCUT2D eigenvalue weighted by Gasteiger charge is -2.24. The predicted molar refractivity (Wildman–Crippen MR) is 91.8 cm³/mol. The van der Waals surface area contributed by atoms with E-state index in [2.05, 4.69) is 82.0 Å². The molecule has 3 nitrogen and oxygen atoms in total. The molecule has 0 spiro atoms. The van der Waals surface area contributed by atoms with E-state index in [4.69, 9.17) is 4.98 Å². The van der Waals surface area contributed by atoms with E-state index >= 15 is 0 Å². The van der Waals surface area contributed by atoms with Crippen molar-refractivity contribution in [1.29, 1.82) is 0 Å². The van der Waals surface area contributed by atoms with Gasteiger partial charge in [-0.15, -0.1) is 0 Å². The van der Waals surface area contributed by atoms with E-state index in [1.165, 1.54) is 22.4 Å². The summed E-state index contributed by atoms with van der Waals surface area (Å²) in [6.45, 7) is 5.18. The van der Waals surface area contributed by atoms with Gasteiger partial charge in [0.25, 0.3) is 0 Å². The molecule has 1 aromatic carbocycles. The van der Waals surface area contributed by atoms with Gasteiger partial charge in [0.2, 0.25) is 0 Å². The van der Waals surface area contributed by atoms with Crippen LogP contribution in [-0.4, -0.2) is 35.0 Å². The number of aryl methyl sites for hydroxylation is 2. The lowest BCUT2D eigenvalue weighted by molar-refractivity contribution is -0.884. The van der Waals surface area contributed by atoms with E-state index in [0.717, 1.165) is 22.4 Å². The van der Waals surface area contributed by atoms with Gasteiger partial charge in [0.05, 0.1) is 26.8 Å². The number of benzene rings is 1. The fourth-order valence-electron chi connectivity index (χ4n) is 2.74. The van der Waals surface area contributed by atoms with Gasteiger partial charge in [0.1, 0.15) is 17.9 Å². The van der Waals surface area contributed by atoms with Crippen molar-refractivity contribution in [3.8, 4) is 11.3 Å². The van der Waals surface area contributed by atoms with E-state index in [0.29, 0.717) is 0 Å². The Balaban J connectivity index is 2.23. The van der Waals surface area contributed by atoms with Gasteiger partial charge in [-0.05, 0) is 25.5 Å². The van der Waals surface area contributed by atoms with E-state index in [1.54, 1.807) is 0 Å². The predicted octanol–water partition coefficient (Wildman–Crippen LogP) is 3.82. The maximum Gasteiger partial charge on any atom is 0.137 e. The summed E-state index contributed by atoms with van der Waals surface area (Å²) < 4.78 is 3.12. The molecule has 0 amide bonds. The van der Waals surface area contributed by atoms with Gasteiger partial charge in [-0.3, -0.25) is 4.40 Å². The molecule has 114 valence electrons. The molecule has 0 aliphatic rings. The van der Waals surface area contributed by atoms with Crippen molar-refractivity contribution in [2.45, 2.75) is 20.4 Å². The Morgan fingerprint density at radius 3 is 2.18 bits per heavy atom. The van der Waals surface area contributed by atoms with Crippen LogP contribution in [0.2, 0.25) is 0 Å². The number of pyridine rings is 1. The second kappa shape index (κ2) is 5.25. The zero-order chi connectivity index (χ0) is 15.9. The molecule has 3 aromatic rings. The number of aromatic nitrogens is 2. The number of hydrogen-bond donors (Lipinski definition) is 0. The Bertz CT molecular complexity index is 805. The molecule has 0 atom stereocenters. The first kappa shape index (κ1) is 14.8. The van der Waals surface area contributed by atoms with Crippen LogP contribution in [0.4, 0.5) is 0 Å². The molecule has 3 rings (SSSR count). The van der Waals surface area contributed by atoms with E-state index in [9.17, 15) is 0 Å². The highest BCUT2D eigenvalue weighted by Gasteiger charge is 2.20. The molecule has 0 aliphatic heterocycles. The zero-order valence-electron chi connectivity index (χ0n) is 14.1. The summed E-state index contributed by atoms with van der Waals surface area (Å²) >= 11 is 0. The summed E-state index contributed by atoms with van der Waals surface area (Å²) in [7, 11) is 6.65. The molecule has 0 fully saturated rings. The monoisotopic (exact) mass is 294 g/mol. The van der Waals surface area contributed by atoms with Crippen molar-refractivity contribution < 1.29 is 4.48 Å². The molecule has 2 heterocycles. The van der Waals surface area contributed by atoms with Crippen molar-refractivity contribution >= 4 is 5.65 Å². The lowest BCUT2D eigenvalue weighted by atomic mass is 10.1. The largest absolute Gasteiger partial charge is 0.326 e. The number of nitrogens with zero attached hydrogens (tertiary/aromatic N) is 3. The van der Waals surface area contributed by atoms with Crippen molar-refractivity contribution in [1.82, 2.24) is 9.38 Å². The molecule has 0 bridgehead atoms. The molecule has 0 N–H and O–H groups in total. The molecule has 0 aliphatic carbocycles. The van der Waals surface area contributed by atoms with Crippen LogP contribution in [-0.2, 0) is 6.54 Å². The number of quaternary nitrogens is 1. The number of rotatable bonds is 3. The summed E-state index contributed by atoms with van der Waals surface area (Å²) in [5.74, 6) is 0. The first-order chi connectivity index (χ1) is 10.3. The highest BCUT2D eigenvalue weighted by molar-refractivity contribution is 5.66. The number of imidazole rings is 1. The van der Waals surface area contributed by atoms with E-state index in [1.807, 2.05) is 0 Å². The van der Waals surface area contributed by atoms with Crippen molar-refractivity contribution in [2.75, 3.05) is 21.1 Å². The SMILES string of the molecule is Cc1ccc(-c2nc3ccc(C)cn3c2C[N+](C)(C)C)cc1. The quantitative estimate of drug-likeness (QED) is 0.671. The van der Waals surface area contributed by atoms with Gasteiger partial charge in [-0.1, -0.05) is 35.9 Å². The van der Waals surface area contributed by atoms with Crippen LogP contribution in [0.1, 0.15) is 16.8 Å². The lowest BCUT2D eigenvalue weighted by Crippen LogP contribution is -2.34. The second-order valence-electron chi connectivity index (χ2n) is 7.16. The molecule has 0 saturated heterocycles. The summed E-state index contributed by atoms with van der Waals surface area (Å²) in [4.78, 5) is 4.89. The summed E-state index contributed by atoms with van der Waals surface area (Å²) in [6, 6.07) is 12.9. The summed E-state index contributed by atoms with van der Waals surface area (Å²) in [5.41, 5.74) is 7.10. The van der Waals surface area contributed by atoms with Gasteiger partial charge >= 0.3 is 0 Å². The Labute approximate surface area is 132 Å². The maximum atomic E-state index is 4.89. The first-order valence-electron chi connectivity index (χ1n) is 7.68. The standard InChI is InChI=1S/C19H24N3/c1-14-6-9-16(10-7-14)19-17(13-22(3,4)5)21-12-15(2)8-11-18(21)20-19/h6-12H,13H2,1-5H3/q+1. The zero-order valence-corrected chi connectivity index (χ0v) is 14.1. The normalized spacial score (nSPS) is 12.0. The Kier molecular flexibility index (Phi) is 3.53. The second-order valence-corrected chi connectivity index (χ2v) is 7.16. The van der Waals surface area contributed by atoms with Crippen molar-refractivity contribution in [2.24, 2.45) is 0 Å². The molecular formula is C19H24N3+. The van der Waals surface area contributed by atoms with Gasteiger partial charge in [-0.2, -0.15) is 0 Å². The van der Waals surface area contributed by atoms with Crippen LogP contribution >= 0.6 is 0 Å². The van der Waals surface area contributed by atoms with Crippen molar-refractivity contribution in [3.05, 3.63) is 59.4 Å². The minimum atomic E-state index is 0.876. The van der Waals surface area contributed by atoms with Gasteiger partial charge in [0.15, 0.2) is 0 Å². The topological polar surface area (TPSA) is 17.3 Å². The average molecular weight is 294 g/mol. The summed E-state index contributed by atoms with van der Waals surface area (Å²) in [6.07, 6.45) is 2.19. The van der Waals surface area contributed by atoms with E-state index in [-0.39, 0.29) is 0 Å². The Morgan fingerprint density at radius 1 is 0.909 bits per heavy atom. The maximum absolute atomic E-state index is 4.89. The van der Waals surface area contributed by atoms with Crippen LogP contribution in [0.15, 0.2) is 42.6 Å². The van der Waals surface area contributed by atoms with Crippen LogP contribution in [0.3, 0.4) is 0 Å². The van der Waals surface area contributed by atoms with Crippen LogP contribution < -0.4 is 0 Å². The summed E-state index contributed by atoms with van der Waals surface area (Å²) in [5, 5.41) is 0. The van der Waals surface area contributed by atoms with E-state index < -0.39 is 0 Å². The first-order valence-corrected chi connectivity index (χ1v) is 7.68. The highest BCUT2D eigenvalue weighted by atomic mass is 15.3.